The molecule has 4 atom stereocenters. The molecule has 1 aliphatic rings. The van der Waals surface area contributed by atoms with E-state index in [9.17, 15) is 9.90 Å². The van der Waals surface area contributed by atoms with E-state index in [1.807, 2.05) is 6.92 Å². The number of likely N-dealkylation sites (tertiary alicyclic amines) is 1. The molecule has 1 saturated heterocycles. The second kappa shape index (κ2) is 4.97. The fraction of sp³-hybridized carbons (Fsp3) is 0.917. The van der Waals surface area contributed by atoms with Crippen LogP contribution in [0.15, 0.2) is 0 Å². The van der Waals surface area contributed by atoms with Gasteiger partial charge in [0.2, 0.25) is 0 Å². The van der Waals surface area contributed by atoms with Gasteiger partial charge < -0.3 is 5.11 Å². The van der Waals surface area contributed by atoms with Crippen molar-refractivity contribution < 1.29 is 9.90 Å². The fourth-order valence-corrected chi connectivity index (χ4v) is 2.72. The summed E-state index contributed by atoms with van der Waals surface area (Å²) in [6.07, 6.45) is 1.91. The van der Waals surface area contributed by atoms with Gasteiger partial charge in [-0.25, -0.2) is 0 Å². The van der Waals surface area contributed by atoms with E-state index in [1.165, 1.54) is 6.42 Å². The summed E-state index contributed by atoms with van der Waals surface area (Å²) in [7, 11) is 0. The van der Waals surface area contributed by atoms with E-state index in [4.69, 9.17) is 0 Å². The van der Waals surface area contributed by atoms with Crippen LogP contribution in [0.3, 0.4) is 0 Å². The van der Waals surface area contributed by atoms with Crippen LogP contribution in [0.2, 0.25) is 0 Å². The topological polar surface area (TPSA) is 40.5 Å². The number of carboxylic acid groups (broad SMARTS) is 1. The van der Waals surface area contributed by atoms with Gasteiger partial charge in [0.25, 0.3) is 0 Å². The summed E-state index contributed by atoms with van der Waals surface area (Å²) in [5, 5.41) is 9.17. The Bertz CT molecular complexity index is 230. The van der Waals surface area contributed by atoms with Gasteiger partial charge >= 0.3 is 5.97 Å². The molecule has 0 aromatic heterocycles. The number of nitrogens with zero attached hydrogens (tertiary/aromatic N) is 1. The predicted molar refractivity (Wildman–Crippen MR) is 60.8 cm³/mol. The zero-order chi connectivity index (χ0) is 11.6. The average Bonchev–Trinajstić information content (AvgIpc) is 2.13. The zero-order valence-electron chi connectivity index (χ0n) is 10.2. The minimum atomic E-state index is -0.675. The third-order valence-corrected chi connectivity index (χ3v) is 3.72. The lowest BCUT2D eigenvalue weighted by Crippen LogP contribution is -2.53. The van der Waals surface area contributed by atoms with Crippen molar-refractivity contribution in [2.45, 2.75) is 52.6 Å². The molecule has 1 N–H and O–H groups in total. The molecule has 0 spiro atoms. The zero-order valence-corrected chi connectivity index (χ0v) is 10.2. The van der Waals surface area contributed by atoms with Crippen LogP contribution in [0.1, 0.15) is 40.5 Å². The summed E-state index contributed by atoms with van der Waals surface area (Å²) in [5.41, 5.74) is 0. The second-order valence-electron chi connectivity index (χ2n) is 5.02. The van der Waals surface area contributed by atoms with Gasteiger partial charge in [0.15, 0.2) is 0 Å². The number of aliphatic carboxylic acids is 1. The summed E-state index contributed by atoms with van der Waals surface area (Å²) in [6.45, 7) is 9.47. The van der Waals surface area contributed by atoms with Crippen LogP contribution in [-0.2, 0) is 4.79 Å². The Labute approximate surface area is 92.5 Å². The first-order valence-electron chi connectivity index (χ1n) is 5.95. The lowest BCUT2D eigenvalue weighted by Gasteiger charge is -2.43. The highest BCUT2D eigenvalue weighted by atomic mass is 16.4. The van der Waals surface area contributed by atoms with Crippen molar-refractivity contribution in [1.82, 2.24) is 4.90 Å². The monoisotopic (exact) mass is 213 g/mol. The Morgan fingerprint density at radius 1 is 1.47 bits per heavy atom. The van der Waals surface area contributed by atoms with Gasteiger partial charge in [0.1, 0.15) is 6.04 Å². The standard InChI is InChI=1S/C12H23NO2/c1-5-11(12(14)15)13-7-8(2)6-9(3)10(13)4/h8-11H,5-7H2,1-4H3,(H,14,15). The molecule has 1 aliphatic heterocycles. The van der Waals surface area contributed by atoms with Gasteiger partial charge in [-0.3, -0.25) is 9.69 Å². The highest BCUT2D eigenvalue weighted by Crippen LogP contribution is 2.29. The van der Waals surface area contributed by atoms with Gasteiger partial charge in [-0.15, -0.1) is 0 Å². The largest absolute Gasteiger partial charge is 0.480 e. The molecule has 88 valence electrons. The number of carboxylic acids is 1. The number of hydrogen-bond acceptors (Lipinski definition) is 2. The Kier molecular flexibility index (Phi) is 4.14. The molecule has 15 heavy (non-hydrogen) atoms. The lowest BCUT2D eigenvalue weighted by atomic mass is 9.84. The molecule has 1 heterocycles. The van der Waals surface area contributed by atoms with E-state index >= 15 is 0 Å². The molecule has 0 bridgehead atoms. The van der Waals surface area contributed by atoms with Crippen LogP contribution in [-0.4, -0.2) is 34.6 Å². The lowest BCUT2D eigenvalue weighted by molar-refractivity contribution is -0.146. The molecule has 0 saturated carbocycles. The number of piperidine rings is 1. The van der Waals surface area contributed by atoms with Gasteiger partial charge in [-0.1, -0.05) is 20.8 Å². The second-order valence-corrected chi connectivity index (χ2v) is 5.02. The Morgan fingerprint density at radius 2 is 2.07 bits per heavy atom. The molecular weight excluding hydrogens is 190 g/mol. The minimum absolute atomic E-state index is 0.301. The van der Waals surface area contributed by atoms with E-state index < -0.39 is 5.97 Å². The van der Waals surface area contributed by atoms with E-state index in [-0.39, 0.29) is 6.04 Å². The van der Waals surface area contributed by atoms with Crippen molar-refractivity contribution >= 4 is 5.97 Å². The van der Waals surface area contributed by atoms with Crippen molar-refractivity contribution in [3.63, 3.8) is 0 Å². The molecular formula is C12H23NO2. The maximum atomic E-state index is 11.1. The molecule has 0 aliphatic carbocycles. The molecule has 0 amide bonds. The van der Waals surface area contributed by atoms with E-state index in [2.05, 4.69) is 25.7 Å². The third kappa shape index (κ3) is 2.71. The predicted octanol–water partition coefficient (Wildman–Crippen LogP) is 2.22. The summed E-state index contributed by atoms with van der Waals surface area (Å²) >= 11 is 0. The maximum Gasteiger partial charge on any atom is 0.320 e. The normalized spacial score (nSPS) is 35.1. The molecule has 1 rings (SSSR count). The van der Waals surface area contributed by atoms with Crippen LogP contribution >= 0.6 is 0 Å². The number of rotatable bonds is 3. The summed E-state index contributed by atoms with van der Waals surface area (Å²) in [6, 6.07) is 0.0902. The summed E-state index contributed by atoms with van der Waals surface area (Å²) < 4.78 is 0. The molecule has 0 radical (unpaired) electrons. The minimum Gasteiger partial charge on any atom is -0.480 e. The van der Waals surface area contributed by atoms with Crippen LogP contribution in [0.25, 0.3) is 0 Å². The molecule has 3 heteroatoms. The Morgan fingerprint density at radius 3 is 2.53 bits per heavy atom. The van der Waals surface area contributed by atoms with Gasteiger partial charge in [-0.2, -0.15) is 0 Å². The van der Waals surface area contributed by atoms with Crippen molar-refractivity contribution in [2.75, 3.05) is 6.54 Å². The van der Waals surface area contributed by atoms with Gasteiger partial charge in [-0.05, 0) is 31.6 Å². The quantitative estimate of drug-likeness (QED) is 0.781. The highest BCUT2D eigenvalue weighted by molar-refractivity contribution is 5.73. The molecule has 0 aromatic rings. The van der Waals surface area contributed by atoms with Crippen molar-refractivity contribution in [3.8, 4) is 0 Å². The van der Waals surface area contributed by atoms with Crippen LogP contribution in [0.4, 0.5) is 0 Å². The highest BCUT2D eigenvalue weighted by Gasteiger charge is 2.35. The Hall–Kier alpha value is -0.570. The first-order valence-corrected chi connectivity index (χ1v) is 5.95. The first-order chi connectivity index (χ1) is 6.97. The summed E-state index contributed by atoms with van der Waals surface area (Å²) in [4.78, 5) is 13.3. The van der Waals surface area contributed by atoms with E-state index in [0.717, 1.165) is 6.54 Å². The van der Waals surface area contributed by atoms with Crippen molar-refractivity contribution in [3.05, 3.63) is 0 Å². The van der Waals surface area contributed by atoms with Crippen molar-refractivity contribution in [1.29, 1.82) is 0 Å². The maximum absolute atomic E-state index is 11.1. The van der Waals surface area contributed by atoms with Crippen LogP contribution in [0, 0.1) is 11.8 Å². The van der Waals surface area contributed by atoms with Gasteiger partial charge in [0.05, 0.1) is 0 Å². The fourth-order valence-electron chi connectivity index (χ4n) is 2.72. The Balaban J connectivity index is 2.76. The molecule has 1 fully saturated rings. The van der Waals surface area contributed by atoms with E-state index in [0.29, 0.717) is 24.3 Å². The van der Waals surface area contributed by atoms with Crippen molar-refractivity contribution in [2.24, 2.45) is 11.8 Å². The first kappa shape index (κ1) is 12.5. The van der Waals surface area contributed by atoms with Gasteiger partial charge in [0, 0.05) is 12.6 Å². The number of hydrogen-bond donors (Lipinski definition) is 1. The smallest absolute Gasteiger partial charge is 0.320 e. The van der Waals surface area contributed by atoms with Crippen LogP contribution < -0.4 is 0 Å². The van der Waals surface area contributed by atoms with Crippen LogP contribution in [0.5, 0.6) is 0 Å². The summed E-state index contributed by atoms with van der Waals surface area (Å²) in [5.74, 6) is 0.539. The molecule has 4 unspecified atom stereocenters. The molecule has 3 nitrogen and oxygen atoms in total. The number of carbonyl (C=O) groups is 1. The van der Waals surface area contributed by atoms with E-state index in [1.54, 1.807) is 0 Å². The third-order valence-electron chi connectivity index (χ3n) is 3.72. The average molecular weight is 213 g/mol. The SMILES string of the molecule is CCC(C(=O)O)N1CC(C)CC(C)C1C. The molecule has 0 aromatic carbocycles.